The van der Waals surface area contributed by atoms with Gasteiger partial charge in [0.05, 0.1) is 12.1 Å². The molecule has 0 aromatic carbocycles. The zero-order chi connectivity index (χ0) is 19.3. The van der Waals surface area contributed by atoms with Gasteiger partial charge in [0.15, 0.2) is 0 Å². The molecule has 0 bridgehead atoms. The predicted octanol–water partition coefficient (Wildman–Crippen LogP) is 2.55. The van der Waals surface area contributed by atoms with Crippen molar-refractivity contribution in [3.05, 3.63) is 59.7 Å². The van der Waals surface area contributed by atoms with Crippen molar-refractivity contribution in [3.63, 3.8) is 0 Å². The number of halogens is 3. The predicted molar refractivity (Wildman–Crippen MR) is 86.6 cm³/mol. The molecule has 2 atom stereocenters. The number of amides is 2. The molecule has 2 heterocycles. The second kappa shape index (κ2) is 7.94. The monoisotopic (exact) mass is 366 g/mol. The van der Waals surface area contributed by atoms with Crippen molar-refractivity contribution in [1.29, 1.82) is 0 Å². The summed E-state index contributed by atoms with van der Waals surface area (Å²) in [7, 11) is 0. The summed E-state index contributed by atoms with van der Waals surface area (Å²) in [6.07, 6.45) is -0.360. The van der Waals surface area contributed by atoms with Crippen LogP contribution in [0.4, 0.5) is 13.2 Å². The molecule has 0 radical (unpaired) electrons. The van der Waals surface area contributed by atoms with E-state index in [0.29, 0.717) is 5.56 Å². The highest BCUT2D eigenvalue weighted by Crippen LogP contribution is 2.27. The van der Waals surface area contributed by atoms with Gasteiger partial charge in [-0.3, -0.25) is 19.6 Å². The molecule has 0 aliphatic heterocycles. The second-order valence-corrected chi connectivity index (χ2v) is 5.65. The Balaban J connectivity index is 1.94. The molecule has 9 heteroatoms. The van der Waals surface area contributed by atoms with E-state index in [1.807, 2.05) is 0 Å². The molecular weight excluding hydrogens is 349 g/mol. The summed E-state index contributed by atoms with van der Waals surface area (Å²) in [6, 6.07) is 4.38. The first-order chi connectivity index (χ1) is 12.2. The third-order valence-corrected chi connectivity index (χ3v) is 3.66. The zero-order valence-electron chi connectivity index (χ0n) is 14.0. The van der Waals surface area contributed by atoms with Crippen molar-refractivity contribution in [2.75, 3.05) is 0 Å². The summed E-state index contributed by atoms with van der Waals surface area (Å²) in [5.74, 6) is -1.75. The van der Waals surface area contributed by atoms with Crippen LogP contribution in [-0.4, -0.2) is 21.8 Å². The van der Waals surface area contributed by atoms with Crippen molar-refractivity contribution >= 4 is 11.8 Å². The highest BCUT2D eigenvalue weighted by Gasteiger charge is 2.32. The maximum Gasteiger partial charge on any atom is 0.433 e. The van der Waals surface area contributed by atoms with Crippen molar-refractivity contribution in [2.45, 2.75) is 32.1 Å². The molecule has 2 rings (SSSR count). The maximum atomic E-state index is 12.5. The average molecular weight is 366 g/mol. The quantitative estimate of drug-likeness (QED) is 0.815. The lowest BCUT2D eigenvalue weighted by molar-refractivity contribution is -0.141. The number of nitrogens with one attached hydrogen (secondary N) is 2. The summed E-state index contributed by atoms with van der Waals surface area (Å²) in [6.45, 7) is 3.24. The minimum atomic E-state index is -4.53. The standard InChI is InChI=1S/C17H17F3N4O2/c1-10(12-4-3-7-21-8-12)23-15(25)16(26)24-11(2)13-5-6-14(22-9-13)17(18,19)20/h3-11H,1-2H3,(H,23,25)(H,24,26)/t10-,11+/m0/s1. The van der Waals surface area contributed by atoms with Crippen LogP contribution < -0.4 is 10.6 Å². The van der Waals surface area contributed by atoms with Gasteiger partial charge in [0, 0.05) is 18.6 Å². The summed E-state index contributed by atoms with van der Waals surface area (Å²) in [4.78, 5) is 31.2. The summed E-state index contributed by atoms with van der Waals surface area (Å²) in [5, 5.41) is 4.95. The van der Waals surface area contributed by atoms with Crippen LogP contribution in [-0.2, 0) is 15.8 Å². The molecule has 0 aliphatic carbocycles. The molecule has 0 saturated heterocycles. The first-order valence-electron chi connectivity index (χ1n) is 7.73. The Labute approximate surface area is 147 Å². The van der Waals surface area contributed by atoms with Gasteiger partial charge in [0.1, 0.15) is 5.69 Å². The highest BCUT2D eigenvalue weighted by atomic mass is 19.4. The van der Waals surface area contributed by atoms with Gasteiger partial charge in [-0.15, -0.1) is 0 Å². The lowest BCUT2D eigenvalue weighted by Crippen LogP contribution is -2.41. The fourth-order valence-electron chi connectivity index (χ4n) is 2.15. The van der Waals surface area contributed by atoms with E-state index >= 15 is 0 Å². The number of carbonyl (C=O) groups is 2. The fraction of sp³-hybridized carbons (Fsp3) is 0.294. The highest BCUT2D eigenvalue weighted by molar-refractivity contribution is 6.35. The molecule has 2 aromatic heterocycles. The van der Waals surface area contributed by atoms with E-state index in [2.05, 4.69) is 20.6 Å². The molecule has 2 N–H and O–H groups in total. The van der Waals surface area contributed by atoms with Crippen LogP contribution in [0.3, 0.4) is 0 Å². The number of pyridine rings is 2. The summed E-state index contributed by atoms with van der Waals surface area (Å²) < 4.78 is 37.5. The molecule has 0 aliphatic rings. The van der Waals surface area contributed by atoms with E-state index in [9.17, 15) is 22.8 Å². The maximum absolute atomic E-state index is 12.5. The Bertz CT molecular complexity index is 764. The van der Waals surface area contributed by atoms with Crippen molar-refractivity contribution in [1.82, 2.24) is 20.6 Å². The molecule has 2 aromatic rings. The summed E-state index contributed by atoms with van der Waals surface area (Å²) in [5.41, 5.74) is 0.0518. The third-order valence-electron chi connectivity index (χ3n) is 3.66. The number of hydrogen-bond donors (Lipinski definition) is 2. The van der Waals surface area contributed by atoms with Crippen molar-refractivity contribution in [3.8, 4) is 0 Å². The number of aromatic nitrogens is 2. The van der Waals surface area contributed by atoms with Crippen molar-refractivity contribution < 1.29 is 22.8 Å². The second-order valence-electron chi connectivity index (χ2n) is 5.65. The van der Waals surface area contributed by atoms with Gasteiger partial charge in [0.25, 0.3) is 0 Å². The van der Waals surface area contributed by atoms with Crippen LogP contribution in [0.15, 0.2) is 42.9 Å². The molecule has 6 nitrogen and oxygen atoms in total. The van der Waals surface area contributed by atoms with E-state index in [0.717, 1.165) is 17.8 Å². The van der Waals surface area contributed by atoms with Gasteiger partial charge in [0.2, 0.25) is 0 Å². The minimum absolute atomic E-state index is 0.347. The van der Waals surface area contributed by atoms with Gasteiger partial charge in [-0.2, -0.15) is 13.2 Å². The fourth-order valence-corrected chi connectivity index (χ4v) is 2.15. The van der Waals surface area contributed by atoms with Gasteiger partial charge >= 0.3 is 18.0 Å². The molecule has 138 valence electrons. The topological polar surface area (TPSA) is 84.0 Å². The lowest BCUT2D eigenvalue weighted by atomic mass is 10.1. The molecule has 0 unspecified atom stereocenters. The molecule has 0 saturated carbocycles. The minimum Gasteiger partial charge on any atom is -0.341 e. The van der Waals surface area contributed by atoms with Crippen LogP contribution in [0, 0.1) is 0 Å². The van der Waals surface area contributed by atoms with Crippen LogP contribution >= 0.6 is 0 Å². The molecule has 0 fully saturated rings. The average Bonchev–Trinajstić information content (AvgIpc) is 2.61. The zero-order valence-corrected chi connectivity index (χ0v) is 14.0. The molecule has 0 spiro atoms. The number of nitrogens with zero attached hydrogens (tertiary/aromatic N) is 2. The Morgan fingerprint density at radius 1 is 0.962 bits per heavy atom. The summed E-state index contributed by atoms with van der Waals surface area (Å²) >= 11 is 0. The van der Waals surface area contributed by atoms with Crippen molar-refractivity contribution in [2.24, 2.45) is 0 Å². The van der Waals surface area contributed by atoms with E-state index in [-0.39, 0.29) is 0 Å². The van der Waals surface area contributed by atoms with E-state index in [1.54, 1.807) is 38.4 Å². The van der Waals surface area contributed by atoms with Gasteiger partial charge in [-0.1, -0.05) is 12.1 Å². The van der Waals surface area contributed by atoms with Gasteiger partial charge in [-0.25, -0.2) is 0 Å². The normalized spacial score (nSPS) is 13.6. The van der Waals surface area contributed by atoms with E-state index in [4.69, 9.17) is 0 Å². The number of alkyl halides is 3. The first kappa shape index (κ1) is 19.4. The Morgan fingerprint density at radius 3 is 1.96 bits per heavy atom. The largest absolute Gasteiger partial charge is 0.433 e. The van der Waals surface area contributed by atoms with Gasteiger partial charge in [-0.05, 0) is 37.1 Å². The van der Waals surface area contributed by atoms with E-state index < -0.39 is 35.8 Å². The Kier molecular flexibility index (Phi) is 5.91. The van der Waals surface area contributed by atoms with Gasteiger partial charge < -0.3 is 10.6 Å². The first-order valence-corrected chi connectivity index (χ1v) is 7.73. The third kappa shape index (κ3) is 5.01. The Morgan fingerprint density at radius 2 is 1.54 bits per heavy atom. The van der Waals surface area contributed by atoms with Crippen LogP contribution in [0.5, 0.6) is 0 Å². The smallest absolute Gasteiger partial charge is 0.341 e. The van der Waals surface area contributed by atoms with Crippen LogP contribution in [0.2, 0.25) is 0 Å². The van der Waals surface area contributed by atoms with Crippen LogP contribution in [0.1, 0.15) is 42.8 Å². The van der Waals surface area contributed by atoms with Crippen LogP contribution in [0.25, 0.3) is 0 Å². The molecule has 26 heavy (non-hydrogen) atoms. The Hall–Kier alpha value is -2.97. The SMILES string of the molecule is C[C@H](NC(=O)C(=O)N[C@H](C)c1ccc(C(F)(F)F)nc1)c1cccnc1. The van der Waals surface area contributed by atoms with E-state index in [1.165, 1.54) is 6.07 Å². The molecule has 2 amide bonds. The lowest BCUT2D eigenvalue weighted by Gasteiger charge is -2.17. The molecular formula is C17H17F3N4O2. The number of carbonyl (C=O) groups excluding carboxylic acids is 2. The number of hydrogen-bond acceptors (Lipinski definition) is 4. The number of rotatable bonds is 4.